The highest BCUT2D eigenvalue weighted by molar-refractivity contribution is 6.30. The Kier molecular flexibility index (Phi) is 6.03. The Morgan fingerprint density at radius 1 is 1.20 bits per heavy atom. The van der Waals surface area contributed by atoms with Crippen LogP contribution in [0.5, 0.6) is 0 Å². The Morgan fingerprint density at radius 2 is 1.93 bits per heavy atom. The van der Waals surface area contributed by atoms with Crippen LogP contribution in [0.2, 0.25) is 5.02 Å². The van der Waals surface area contributed by atoms with Gasteiger partial charge in [0, 0.05) is 23.0 Å². The summed E-state index contributed by atoms with van der Waals surface area (Å²) in [4.78, 5) is 29.1. The molecule has 158 valence electrons. The molecule has 1 aromatic carbocycles. The van der Waals surface area contributed by atoms with Gasteiger partial charge in [0.15, 0.2) is 0 Å². The number of amides is 2. The Morgan fingerprint density at radius 3 is 2.63 bits per heavy atom. The van der Waals surface area contributed by atoms with E-state index in [1.807, 2.05) is 52.8 Å². The van der Waals surface area contributed by atoms with E-state index in [0.717, 1.165) is 11.1 Å². The van der Waals surface area contributed by atoms with Crippen molar-refractivity contribution in [2.24, 2.45) is 0 Å². The highest BCUT2D eigenvalue weighted by Gasteiger charge is 2.19. The van der Waals surface area contributed by atoms with E-state index in [4.69, 9.17) is 16.3 Å². The summed E-state index contributed by atoms with van der Waals surface area (Å²) < 4.78 is 6.98. The number of aryl methyl sites for hydroxylation is 1. The first-order valence-corrected chi connectivity index (χ1v) is 9.95. The molecule has 7 nitrogen and oxygen atoms in total. The molecule has 0 saturated carbocycles. The van der Waals surface area contributed by atoms with E-state index in [0.29, 0.717) is 22.1 Å². The number of aromatic nitrogens is 2. The maximum absolute atomic E-state index is 12.8. The summed E-state index contributed by atoms with van der Waals surface area (Å²) in [6.07, 6.45) is 2.72. The van der Waals surface area contributed by atoms with Crippen LogP contribution in [0.3, 0.4) is 0 Å². The van der Waals surface area contributed by atoms with Crippen LogP contribution in [0.25, 0.3) is 5.65 Å². The molecule has 2 amide bonds. The van der Waals surface area contributed by atoms with Gasteiger partial charge < -0.3 is 15.4 Å². The molecule has 0 saturated heterocycles. The number of nitrogens with zero attached hydrogens (tertiary/aromatic N) is 2. The molecule has 1 unspecified atom stereocenters. The zero-order valence-electron chi connectivity index (χ0n) is 17.6. The molecule has 0 radical (unpaired) electrons. The lowest BCUT2D eigenvalue weighted by atomic mass is 10.0. The molecule has 2 heterocycles. The molecule has 8 heteroatoms. The largest absolute Gasteiger partial charge is 0.444 e. The van der Waals surface area contributed by atoms with Crippen molar-refractivity contribution in [3.63, 3.8) is 0 Å². The first-order chi connectivity index (χ1) is 14.0. The van der Waals surface area contributed by atoms with Gasteiger partial charge in [0.05, 0.1) is 12.2 Å². The minimum Gasteiger partial charge on any atom is -0.444 e. The summed E-state index contributed by atoms with van der Waals surface area (Å²) in [6.45, 7) is 9.19. The van der Waals surface area contributed by atoms with E-state index < -0.39 is 11.7 Å². The fourth-order valence-electron chi connectivity index (χ4n) is 2.92. The third-order valence-corrected chi connectivity index (χ3v) is 4.69. The SMILES string of the molecule is Cc1ccc(C(C)NC(=O)OC(C)(C)C)cc1NC(=O)c1cnc2cc(Cl)ccn12. The Balaban J connectivity index is 1.78. The normalized spacial score (nSPS) is 12.5. The highest BCUT2D eigenvalue weighted by Crippen LogP contribution is 2.23. The van der Waals surface area contributed by atoms with Gasteiger partial charge in [-0.15, -0.1) is 0 Å². The summed E-state index contributed by atoms with van der Waals surface area (Å²) >= 11 is 5.98. The number of halogens is 1. The first-order valence-electron chi connectivity index (χ1n) is 9.57. The predicted octanol–water partition coefficient (Wildman–Crippen LogP) is 5.13. The molecule has 3 aromatic rings. The molecule has 2 N–H and O–H groups in total. The number of imidazole rings is 1. The Hall–Kier alpha value is -3.06. The number of benzene rings is 1. The lowest BCUT2D eigenvalue weighted by Gasteiger charge is -2.22. The summed E-state index contributed by atoms with van der Waals surface area (Å²) in [5.74, 6) is -0.294. The van der Waals surface area contributed by atoms with E-state index >= 15 is 0 Å². The van der Waals surface area contributed by atoms with Crippen LogP contribution in [0.1, 0.15) is 55.4 Å². The molecule has 2 aromatic heterocycles. The Bertz CT molecular complexity index is 1100. The van der Waals surface area contributed by atoms with E-state index in [2.05, 4.69) is 15.6 Å². The number of carbonyl (C=O) groups excluding carboxylic acids is 2. The standard InChI is InChI=1S/C22H25ClN4O3/c1-13-6-7-15(14(2)25-21(29)30-22(3,4)5)10-17(13)26-20(28)18-12-24-19-11-16(23)8-9-27(18)19/h6-12,14H,1-5H3,(H,25,29)(H,26,28). The van der Waals surface area contributed by atoms with Crippen LogP contribution in [0, 0.1) is 6.92 Å². The fraction of sp³-hybridized carbons (Fsp3) is 0.318. The highest BCUT2D eigenvalue weighted by atomic mass is 35.5. The third kappa shape index (κ3) is 5.10. The van der Waals surface area contributed by atoms with Gasteiger partial charge in [-0.3, -0.25) is 9.20 Å². The number of anilines is 1. The van der Waals surface area contributed by atoms with Crippen LogP contribution >= 0.6 is 11.6 Å². The van der Waals surface area contributed by atoms with Crippen molar-refractivity contribution in [1.82, 2.24) is 14.7 Å². The number of ether oxygens (including phenoxy) is 1. The van der Waals surface area contributed by atoms with Gasteiger partial charge in [0.25, 0.3) is 5.91 Å². The van der Waals surface area contributed by atoms with E-state index in [9.17, 15) is 9.59 Å². The summed E-state index contributed by atoms with van der Waals surface area (Å²) in [5, 5.41) is 6.29. The van der Waals surface area contributed by atoms with Crippen molar-refractivity contribution in [3.8, 4) is 0 Å². The van der Waals surface area contributed by atoms with Gasteiger partial charge in [-0.25, -0.2) is 9.78 Å². The van der Waals surface area contributed by atoms with E-state index in [1.54, 1.807) is 22.7 Å². The minimum atomic E-state index is -0.575. The second-order valence-corrected chi connectivity index (χ2v) is 8.55. The van der Waals surface area contributed by atoms with Crippen molar-refractivity contribution in [2.75, 3.05) is 5.32 Å². The maximum Gasteiger partial charge on any atom is 0.408 e. The lowest BCUT2D eigenvalue weighted by molar-refractivity contribution is 0.0507. The van der Waals surface area contributed by atoms with Gasteiger partial charge in [-0.1, -0.05) is 23.7 Å². The first kappa shape index (κ1) is 21.6. The van der Waals surface area contributed by atoms with Gasteiger partial charge >= 0.3 is 6.09 Å². The van der Waals surface area contributed by atoms with Crippen LogP contribution in [0.15, 0.2) is 42.7 Å². The minimum absolute atomic E-state index is 0.294. The molecule has 3 rings (SSSR count). The molecule has 0 aliphatic rings. The van der Waals surface area contributed by atoms with Crippen LogP contribution in [-0.4, -0.2) is 27.0 Å². The summed E-state index contributed by atoms with van der Waals surface area (Å²) in [5.41, 5.74) is 2.80. The van der Waals surface area contributed by atoms with Gasteiger partial charge in [0.1, 0.15) is 16.9 Å². The van der Waals surface area contributed by atoms with Gasteiger partial charge in [-0.05, 0) is 57.9 Å². The van der Waals surface area contributed by atoms with Crippen molar-refractivity contribution >= 4 is 34.9 Å². The smallest absolute Gasteiger partial charge is 0.408 e. The fourth-order valence-corrected chi connectivity index (χ4v) is 3.08. The predicted molar refractivity (Wildman–Crippen MR) is 117 cm³/mol. The van der Waals surface area contributed by atoms with Crippen molar-refractivity contribution in [1.29, 1.82) is 0 Å². The molecule has 1 atom stereocenters. The molecule has 0 spiro atoms. The quantitative estimate of drug-likeness (QED) is 0.603. The maximum atomic E-state index is 12.8. The molecular weight excluding hydrogens is 404 g/mol. The van der Waals surface area contributed by atoms with Crippen molar-refractivity contribution in [3.05, 3.63) is 64.6 Å². The number of alkyl carbamates (subject to hydrolysis) is 1. The second kappa shape index (κ2) is 8.36. The van der Waals surface area contributed by atoms with Crippen LogP contribution < -0.4 is 10.6 Å². The summed E-state index contributed by atoms with van der Waals surface area (Å²) in [6, 6.07) is 8.73. The van der Waals surface area contributed by atoms with Crippen LogP contribution in [0.4, 0.5) is 10.5 Å². The van der Waals surface area contributed by atoms with Crippen LogP contribution in [-0.2, 0) is 4.74 Å². The zero-order valence-corrected chi connectivity index (χ0v) is 18.4. The average Bonchev–Trinajstić information content (AvgIpc) is 3.04. The molecule has 0 fully saturated rings. The molecule has 0 aliphatic heterocycles. The van der Waals surface area contributed by atoms with E-state index in [-0.39, 0.29) is 11.9 Å². The Labute approximate surface area is 180 Å². The van der Waals surface area contributed by atoms with Crippen molar-refractivity contribution < 1.29 is 14.3 Å². The monoisotopic (exact) mass is 428 g/mol. The number of hydrogen-bond acceptors (Lipinski definition) is 4. The number of pyridine rings is 1. The third-order valence-electron chi connectivity index (χ3n) is 4.45. The molecule has 0 aliphatic carbocycles. The number of nitrogens with one attached hydrogen (secondary N) is 2. The zero-order chi connectivity index (χ0) is 22.1. The number of hydrogen-bond donors (Lipinski definition) is 2. The van der Waals surface area contributed by atoms with Gasteiger partial charge in [-0.2, -0.15) is 0 Å². The number of carbonyl (C=O) groups is 2. The topological polar surface area (TPSA) is 84.7 Å². The average molecular weight is 429 g/mol. The van der Waals surface area contributed by atoms with Gasteiger partial charge in [0.2, 0.25) is 0 Å². The molecule has 30 heavy (non-hydrogen) atoms. The lowest BCUT2D eigenvalue weighted by Crippen LogP contribution is -2.34. The number of rotatable bonds is 4. The number of fused-ring (bicyclic) bond motifs is 1. The van der Waals surface area contributed by atoms with Crippen molar-refractivity contribution in [2.45, 2.75) is 46.3 Å². The summed E-state index contributed by atoms with van der Waals surface area (Å²) in [7, 11) is 0. The van der Waals surface area contributed by atoms with E-state index in [1.165, 1.54) is 6.20 Å². The molecular formula is C22H25ClN4O3. The molecule has 0 bridgehead atoms. The second-order valence-electron chi connectivity index (χ2n) is 8.11.